The summed E-state index contributed by atoms with van der Waals surface area (Å²) in [4.78, 5) is 33.9. The number of nitrogens with one attached hydrogen (secondary N) is 3. The first-order valence-electron chi connectivity index (χ1n) is 13.4. The van der Waals surface area contributed by atoms with Gasteiger partial charge in [-0.05, 0) is 95.3 Å². The Morgan fingerprint density at radius 1 is 1.02 bits per heavy atom. The molecule has 3 aromatic rings. The minimum atomic E-state index is -0.535. The number of nitrogens with zero attached hydrogens (tertiary/aromatic N) is 2. The van der Waals surface area contributed by atoms with Crippen molar-refractivity contribution in [3.05, 3.63) is 76.7 Å². The molecule has 0 saturated heterocycles. The summed E-state index contributed by atoms with van der Waals surface area (Å²) >= 11 is 11.7. The van der Waals surface area contributed by atoms with E-state index >= 15 is 0 Å². The Hall–Kier alpha value is -3.76. The Labute approximate surface area is 250 Å². The highest BCUT2D eigenvalue weighted by atomic mass is 35.5. The molecule has 4 rings (SSSR count). The van der Waals surface area contributed by atoms with Crippen LogP contribution in [0.15, 0.2) is 54.9 Å². The van der Waals surface area contributed by atoms with Gasteiger partial charge in [-0.25, -0.2) is 14.8 Å². The fourth-order valence-electron chi connectivity index (χ4n) is 4.40. The molecule has 41 heavy (non-hydrogen) atoms. The summed E-state index contributed by atoms with van der Waals surface area (Å²) in [6.07, 6.45) is 5.68. The maximum Gasteiger partial charge on any atom is 0.407 e. The van der Waals surface area contributed by atoms with Crippen molar-refractivity contribution in [2.24, 2.45) is 0 Å². The zero-order valence-corrected chi connectivity index (χ0v) is 25.1. The van der Waals surface area contributed by atoms with Crippen LogP contribution in [-0.2, 0) is 4.74 Å². The Bertz CT molecular complexity index is 1400. The molecule has 2 amide bonds. The summed E-state index contributed by atoms with van der Waals surface area (Å²) in [5.41, 5.74) is 1.81. The number of thiocarbonyl (C=S) groups is 1. The normalized spacial score (nSPS) is 16.8. The van der Waals surface area contributed by atoms with Gasteiger partial charge in [0.05, 0.1) is 22.4 Å². The van der Waals surface area contributed by atoms with Crippen molar-refractivity contribution in [3.8, 4) is 5.75 Å². The lowest BCUT2D eigenvalue weighted by atomic mass is 9.93. The van der Waals surface area contributed by atoms with E-state index in [0.717, 1.165) is 31.2 Å². The van der Waals surface area contributed by atoms with E-state index < -0.39 is 17.6 Å². The molecule has 216 valence electrons. The molecule has 3 N–H and O–H groups in total. The molecule has 0 atom stereocenters. The summed E-state index contributed by atoms with van der Waals surface area (Å²) in [6, 6.07) is 12.6. The van der Waals surface area contributed by atoms with Gasteiger partial charge in [-0.15, -0.1) is 0 Å². The highest BCUT2D eigenvalue weighted by Gasteiger charge is 2.27. The van der Waals surface area contributed by atoms with E-state index in [-0.39, 0.29) is 17.8 Å². The number of ether oxygens (including phenoxy) is 2. The van der Waals surface area contributed by atoms with E-state index in [4.69, 9.17) is 33.3 Å². The quantitative estimate of drug-likeness (QED) is 0.259. The Morgan fingerprint density at radius 2 is 1.78 bits per heavy atom. The molecule has 1 saturated carbocycles. The average Bonchev–Trinajstić information content (AvgIpc) is 2.90. The van der Waals surface area contributed by atoms with Crippen molar-refractivity contribution in [2.45, 2.75) is 71.1 Å². The highest BCUT2D eigenvalue weighted by molar-refractivity contribution is 7.81. The zero-order chi connectivity index (χ0) is 29.6. The van der Waals surface area contributed by atoms with Gasteiger partial charge in [0.25, 0.3) is 5.91 Å². The fraction of sp³-hybridized carbons (Fsp3) is 0.367. The van der Waals surface area contributed by atoms with E-state index in [1.807, 2.05) is 45.9 Å². The number of amides is 2. The van der Waals surface area contributed by atoms with Crippen LogP contribution in [0.1, 0.15) is 68.1 Å². The molecule has 0 unspecified atom stereocenters. The number of hydrogen-bond donors (Lipinski definition) is 3. The minimum Gasteiger partial charge on any atom is -0.490 e. The van der Waals surface area contributed by atoms with Crippen LogP contribution in [0.5, 0.6) is 5.75 Å². The van der Waals surface area contributed by atoms with Crippen molar-refractivity contribution in [3.63, 3.8) is 0 Å². The molecule has 0 aliphatic heterocycles. The summed E-state index contributed by atoms with van der Waals surface area (Å²) in [5.74, 6) is 0.568. The zero-order valence-electron chi connectivity index (χ0n) is 23.5. The van der Waals surface area contributed by atoms with Gasteiger partial charge in [-0.1, -0.05) is 29.9 Å². The standard InChI is InChI=1S/C30H34ClN5O4S/c1-18-7-13-22(24(16-18)39-21-11-9-20(10-12-21)34-29(38)40-30(2,3)4)28(41)35-23-6-5-15-32-26(23)27(37)36-25-14-8-19(31)17-33-25/h5-8,13-17,20-21H,9-12H2,1-4H3,(H,34,38)(H,35,41)(H,33,36,37). The third-order valence-corrected chi connectivity index (χ3v) is 6.86. The van der Waals surface area contributed by atoms with E-state index in [9.17, 15) is 9.59 Å². The van der Waals surface area contributed by atoms with Gasteiger partial charge in [-0.3, -0.25) is 4.79 Å². The number of aromatic nitrogens is 2. The number of rotatable bonds is 7. The third-order valence-electron chi connectivity index (χ3n) is 6.31. The van der Waals surface area contributed by atoms with Crippen molar-refractivity contribution >= 4 is 52.3 Å². The molecule has 11 heteroatoms. The lowest BCUT2D eigenvalue weighted by Crippen LogP contribution is -2.42. The van der Waals surface area contributed by atoms with E-state index in [2.05, 4.69) is 25.9 Å². The number of anilines is 2. The van der Waals surface area contributed by atoms with Gasteiger partial charge < -0.3 is 25.4 Å². The number of carbonyl (C=O) groups excluding carboxylic acids is 2. The summed E-state index contributed by atoms with van der Waals surface area (Å²) in [7, 11) is 0. The van der Waals surface area contributed by atoms with Crippen molar-refractivity contribution < 1.29 is 19.1 Å². The number of hydrogen-bond acceptors (Lipinski definition) is 7. The predicted octanol–water partition coefficient (Wildman–Crippen LogP) is 6.69. The van der Waals surface area contributed by atoms with Gasteiger partial charge >= 0.3 is 6.09 Å². The molecular weight excluding hydrogens is 562 g/mol. The third kappa shape index (κ3) is 8.86. The maximum atomic E-state index is 13.0. The smallest absolute Gasteiger partial charge is 0.407 e. The van der Waals surface area contributed by atoms with E-state index in [1.54, 1.807) is 24.3 Å². The molecule has 2 aromatic heterocycles. The second kappa shape index (κ2) is 13.3. The van der Waals surface area contributed by atoms with E-state index in [0.29, 0.717) is 32.8 Å². The number of pyridine rings is 2. The van der Waals surface area contributed by atoms with Crippen LogP contribution in [0.25, 0.3) is 0 Å². The number of aryl methyl sites for hydroxylation is 1. The topological polar surface area (TPSA) is 114 Å². The Kier molecular flexibility index (Phi) is 9.77. The first kappa shape index (κ1) is 30.2. The Morgan fingerprint density at radius 3 is 2.46 bits per heavy atom. The molecule has 1 fully saturated rings. The van der Waals surface area contributed by atoms with Gasteiger partial charge in [0.1, 0.15) is 22.2 Å². The molecule has 0 spiro atoms. The van der Waals surface area contributed by atoms with Crippen LogP contribution in [0.2, 0.25) is 5.02 Å². The van der Waals surface area contributed by atoms with Crippen LogP contribution in [0.3, 0.4) is 0 Å². The molecule has 1 aliphatic rings. The SMILES string of the molecule is Cc1ccc(C(=S)Nc2cccnc2C(=O)Nc2ccc(Cl)cn2)c(OC2CCC(NC(=O)OC(C)(C)C)CC2)c1. The molecule has 0 bridgehead atoms. The van der Waals surface area contributed by atoms with Gasteiger partial charge in [-0.2, -0.15) is 0 Å². The lowest BCUT2D eigenvalue weighted by Gasteiger charge is -2.31. The number of benzene rings is 1. The van der Waals surface area contributed by atoms with Gasteiger partial charge in [0, 0.05) is 18.4 Å². The van der Waals surface area contributed by atoms with Crippen LogP contribution < -0.4 is 20.7 Å². The highest BCUT2D eigenvalue weighted by Crippen LogP contribution is 2.29. The van der Waals surface area contributed by atoms with Gasteiger partial charge in [0.15, 0.2) is 5.69 Å². The van der Waals surface area contributed by atoms with Crippen molar-refractivity contribution in [1.82, 2.24) is 15.3 Å². The van der Waals surface area contributed by atoms with Crippen LogP contribution in [0.4, 0.5) is 16.3 Å². The summed E-state index contributed by atoms with van der Waals surface area (Å²) in [5, 5.41) is 9.33. The molecule has 1 aliphatic carbocycles. The molecule has 0 radical (unpaired) electrons. The van der Waals surface area contributed by atoms with Gasteiger partial charge in [0.2, 0.25) is 0 Å². The molecule has 1 aromatic carbocycles. The van der Waals surface area contributed by atoms with Crippen LogP contribution >= 0.6 is 23.8 Å². The first-order valence-corrected chi connectivity index (χ1v) is 14.2. The number of alkyl carbamates (subject to hydrolysis) is 1. The first-order chi connectivity index (χ1) is 19.5. The molecule has 2 heterocycles. The molecule has 9 nitrogen and oxygen atoms in total. The molecular formula is C30H34ClN5O4S. The monoisotopic (exact) mass is 595 g/mol. The fourth-order valence-corrected chi connectivity index (χ4v) is 4.79. The maximum absolute atomic E-state index is 13.0. The summed E-state index contributed by atoms with van der Waals surface area (Å²) in [6.45, 7) is 7.53. The van der Waals surface area contributed by atoms with Crippen LogP contribution in [-0.4, -0.2) is 44.7 Å². The average molecular weight is 596 g/mol. The minimum absolute atomic E-state index is 0.0263. The summed E-state index contributed by atoms with van der Waals surface area (Å²) < 4.78 is 11.8. The second-order valence-electron chi connectivity index (χ2n) is 10.9. The number of carbonyl (C=O) groups is 2. The van der Waals surface area contributed by atoms with Crippen LogP contribution in [0, 0.1) is 6.92 Å². The van der Waals surface area contributed by atoms with Crippen molar-refractivity contribution in [1.29, 1.82) is 0 Å². The van der Waals surface area contributed by atoms with E-state index in [1.165, 1.54) is 12.4 Å². The number of halogens is 1. The lowest BCUT2D eigenvalue weighted by molar-refractivity contribution is 0.0470. The predicted molar refractivity (Wildman–Crippen MR) is 164 cm³/mol. The van der Waals surface area contributed by atoms with Crippen molar-refractivity contribution in [2.75, 3.05) is 10.6 Å². The largest absolute Gasteiger partial charge is 0.490 e. The Balaban J connectivity index is 1.41. The second-order valence-corrected chi connectivity index (χ2v) is 11.8.